The summed E-state index contributed by atoms with van der Waals surface area (Å²) in [6.45, 7) is 0. The first-order valence-corrected chi connectivity index (χ1v) is 7.79. The number of carbonyl (C=O) groups is 1. The third-order valence-electron chi connectivity index (χ3n) is 3.44. The minimum Gasteiger partial charge on any atom is -0.493 e. The first-order chi connectivity index (χ1) is 12.5. The molecule has 26 heavy (non-hydrogen) atoms. The number of ether oxygens (including phenoxy) is 2. The van der Waals surface area contributed by atoms with Crippen molar-refractivity contribution in [3.05, 3.63) is 62.7 Å². The lowest BCUT2D eigenvalue weighted by molar-refractivity contribution is -0.385. The van der Waals surface area contributed by atoms with Gasteiger partial charge in [0.1, 0.15) is 0 Å². The number of amides is 1. The first-order valence-electron chi connectivity index (χ1n) is 7.42. The zero-order valence-corrected chi connectivity index (χ0v) is 14.8. The lowest BCUT2D eigenvalue weighted by atomic mass is 10.1. The van der Waals surface area contributed by atoms with Crippen molar-refractivity contribution in [3.8, 4) is 11.5 Å². The van der Waals surface area contributed by atoms with Crippen molar-refractivity contribution in [3.63, 3.8) is 0 Å². The normalized spacial score (nSPS) is 10.6. The highest BCUT2D eigenvalue weighted by molar-refractivity contribution is 6.33. The number of nitrogens with zero attached hydrogens (tertiary/aromatic N) is 2. The van der Waals surface area contributed by atoms with Crippen LogP contribution in [0.4, 0.5) is 5.69 Å². The van der Waals surface area contributed by atoms with E-state index < -0.39 is 10.8 Å². The molecule has 0 unspecified atom stereocenters. The lowest BCUT2D eigenvalue weighted by Gasteiger charge is -2.09. The molecule has 0 radical (unpaired) electrons. The number of para-hydroxylation sites is 1. The van der Waals surface area contributed by atoms with Crippen LogP contribution in [0.1, 0.15) is 11.1 Å². The SMILES string of the molecule is COc1cc(Cl)c(/C=N/NC(=O)Cc2ccccc2[N+](=O)[O-])cc1OC. The van der Waals surface area contributed by atoms with Crippen molar-refractivity contribution in [2.45, 2.75) is 6.42 Å². The van der Waals surface area contributed by atoms with Crippen molar-refractivity contribution < 1.29 is 19.2 Å². The maximum absolute atomic E-state index is 12.0. The second kappa shape index (κ2) is 8.82. The zero-order chi connectivity index (χ0) is 19.1. The third-order valence-corrected chi connectivity index (χ3v) is 3.76. The second-order valence-electron chi connectivity index (χ2n) is 5.08. The van der Waals surface area contributed by atoms with Crippen LogP contribution in [0.2, 0.25) is 5.02 Å². The van der Waals surface area contributed by atoms with Gasteiger partial charge in [-0.25, -0.2) is 5.43 Å². The van der Waals surface area contributed by atoms with E-state index in [1.54, 1.807) is 18.2 Å². The van der Waals surface area contributed by atoms with Crippen molar-refractivity contribution in [2.24, 2.45) is 5.10 Å². The molecule has 0 aliphatic carbocycles. The molecule has 0 fully saturated rings. The quantitative estimate of drug-likeness (QED) is 0.454. The van der Waals surface area contributed by atoms with Gasteiger partial charge in [-0.05, 0) is 6.07 Å². The summed E-state index contributed by atoms with van der Waals surface area (Å²) in [4.78, 5) is 22.4. The van der Waals surface area contributed by atoms with Gasteiger partial charge in [0.2, 0.25) is 5.91 Å². The molecule has 136 valence electrons. The fourth-order valence-corrected chi connectivity index (χ4v) is 2.40. The van der Waals surface area contributed by atoms with E-state index in [9.17, 15) is 14.9 Å². The van der Waals surface area contributed by atoms with Gasteiger partial charge in [0.15, 0.2) is 11.5 Å². The van der Waals surface area contributed by atoms with Gasteiger partial charge in [0.25, 0.3) is 5.69 Å². The van der Waals surface area contributed by atoms with Crippen molar-refractivity contribution >= 4 is 29.4 Å². The largest absolute Gasteiger partial charge is 0.493 e. The Morgan fingerprint density at radius 3 is 2.58 bits per heavy atom. The molecule has 2 aromatic carbocycles. The van der Waals surface area contributed by atoms with Gasteiger partial charge in [-0.1, -0.05) is 29.8 Å². The Bertz CT molecular complexity index is 854. The van der Waals surface area contributed by atoms with Gasteiger partial charge >= 0.3 is 0 Å². The Labute approximate surface area is 154 Å². The fraction of sp³-hybridized carbons (Fsp3) is 0.176. The highest BCUT2D eigenvalue weighted by Gasteiger charge is 2.15. The smallest absolute Gasteiger partial charge is 0.273 e. The van der Waals surface area contributed by atoms with Crippen LogP contribution in [0.15, 0.2) is 41.5 Å². The number of benzene rings is 2. The molecule has 0 saturated carbocycles. The minimum atomic E-state index is -0.532. The summed E-state index contributed by atoms with van der Waals surface area (Å²) in [5.41, 5.74) is 3.01. The summed E-state index contributed by atoms with van der Waals surface area (Å²) in [5, 5.41) is 15.1. The van der Waals surface area contributed by atoms with Gasteiger partial charge in [-0.2, -0.15) is 5.10 Å². The van der Waals surface area contributed by atoms with E-state index in [0.29, 0.717) is 27.6 Å². The third kappa shape index (κ3) is 4.70. The van der Waals surface area contributed by atoms with E-state index in [4.69, 9.17) is 21.1 Å². The molecule has 0 aliphatic rings. The van der Waals surface area contributed by atoms with E-state index in [1.165, 1.54) is 38.6 Å². The molecule has 2 aromatic rings. The summed E-state index contributed by atoms with van der Waals surface area (Å²) in [5.74, 6) is 0.437. The monoisotopic (exact) mass is 377 g/mol. The molecule has 8 nitrogen and oxygen atoms in total. The number of hydrogen-bond donors (Lipinski definition) is 1. The number of nitrogens with one attached hydrogen (secondary N) is 1. The molecule has 0 bridgehead atoms. The van der Waals surface area contributed by atoms with E-state index >= 15 is 0 Å². The molecular formula is C17H16ClN3O5. The van der Waals surface area contributed by atoms with Crippen molar-refractivity contribution in [1.29, 1.82) is 0 Å². The summed E-state index contributed by atoms with van der Waals surface area (Å²) >= 11 is 6.12. The number of hydrazone groups is 1. The number of hydrogen-bond acceptors (Lipinski definition) is 6. The maximum atomic E-state index is 12.0. The Morgan fingerprint density at radius 2 is 1.92 bits per heavy atom. The van der Waals surface area contributed by atoms with Crippen LogP contribution in [0.5, 0.6) is 11.5 Å². The number of rotatable bonds is 7. The predicted octanol–water partition coefficient (Wildman–Crippen LogP) is 2.96. The Hall–Kier alpha value is -3.13. The van der Waals surface area contributed by atoms with Crippen LogP contribution < -0.4 is 14.9 Å². The van der Waals surface area contributed by atoms with E-state index in [0.717, 1.165) is 0 Å². The summed E-state index contributed by atoms with van der Waals surface area (Å²) in [6, 6.07) is 9.21. The molecule has 0 atom stereocenters. The minimum absolute atomic E-state index is 0.116. The van der Waals surface area contributed by atoms with Crippen LogP contribution in [-0.2, 0) is 11.2 Å². The number of nitro groups is 1. The maximum Gasteiger partial charge on any atom is 0.273 e. The Kier molecular flexibility index (Phi) is 6.51. The molecule has 0 heterocycles. The Balaban J connectivity index is 2.07. The molecule has 9 heteroatoms. The van der Waals surface area contributed by atoms with Crippen LogP contribution in [-0.4, -0.2) is 31.3 Å². The lowest BCUT2D eigenvalue weighted by Crippen LogP contribution is -2.20. The Morgan fingerprint density at radius 1 is 1.27 bits per heavy atom. The topological polar surface area (TPSA) is 103 Å². The highest BCUT2D eigenvalue weighted by atomic mass is 35.5. The van der Waals surface area contributed by atoms with E-state index in [-0.39, 0.29) is 12.1 Å². The van der Waals surface area contributed by atoms with Gasteiger partial charge in [-0.3, -0.25) is 14.9 Å². The standard InChI is InChI=1S/C17H16ClN3O5/c1-25-15-7-12(13(18)9-16(15)26-2)10-19-20-17(22)8-11-5-3-4-6-14(11)21(23)24/h3-7,9-10H,8H2,1-2H3,(H,20,22)/b19-10+. The van der Waals surface area contributed by atoms with Crippen molar-refractivity contribution in [1.82, 2.24) is 5.43 Å². The summed E-state index contributed by atoms with van der Waals surface area (Å²) < 4.78 is 10.3. The molecule has 0 aliphatic heterocycles. The molecular weight excluding hydrogens is 362 g/mol. The molecule has 2 rings (SSSR count). The summed E-state index contributed by atoms with van der Waals surface area (Å²) in [7, 11) is 2.98. The van der Waals surface area contributed by atoms with Gasteiger partial charge < -0.3 is 9.47 Å². The molecule has 0 aromatic heterocycles. The number of halogens is 1. The van der Waals surface area contributed by atoms with Crippen LogP contribution in [0.25, 0.3) is 0 Å². The zero-order valence-electron chi connectivity index (χ0n) is 14.1. The first kappa shape index (κ1) is 19.2. The van der Waals surface area contributed by atoms with E-state index in [1.807, 2.05) is 0 Å². The molecule has 1 N–H and O–H groups in total. The fourth-order valence-electron chi connectivity index (χ4n) is 2.19. The number of carbonyl (C=O) groups excluding carboxylic acids is 1. The van der Waals surface area contributed by atoms with E-state index in [2.05, 4.69) is 10.5 Å². The van der Waals surface area contributed by atoms with Gasteiger partial charge in [0.05, 0.1) is 36.8 Å². The van der Waals surface area contributed by atoms with Crippen LogP contribution >= 0.6 is 11.6 Å². The predicted molar refractivity (Wildman–Crippen MR) is 97.1 cm³/mol. The average molecular weight is 378 g/mol. The van der Waals surface area contributed by atoms with Gasteiger partial charge in [0, 0.05) is 23.3 Å². The molecule has 0 saturated heterocycles. The molecule has 1 amide bonds. The highest BCUT2D eigenvalue weighted by Crippen LogP contribution is 2.32. The van der Waals surface area contributed by atoms with Crippen molar-refractivity contribution in [2.75, 3.05) is 14.2 Å². The number of methoxy groups -OCH3 is 2. The average Bonchev–Trinajstić information content (AvgIpc) is 2.62. The molecule has 0 spiro atoms. The van der Waals surface area contributed by atoms with Gasteiger partial charge in [-0.15, -0.1) is 0 Å². The number of nitro benzene ring substituents is 1. The second-order valence-corrected chi connectivity index (χ2v) is 5.49. The van der Waals surface area contributed by atoms with Crippen LogP contribution in [0, 0.1) is 10.1 Å². The van der Waals surface area contributed by atoms with Crippen LogP contribution in [0.3, 0.4) is 0 Å². The summed E-state index contributed by atoms with van der Waals surface area (Å²) in [6.07, 6.45) is 1.18.